The van der Waals surface area contributed by atoms with Crippen molar-refractivity contribution in [2.45, 2.75) is 99.0 Å². The van der Waals surface area contributed by atoms with Gasteiger partial charge in [-0.3, -0.25) is 4.79 Å². The predicted octanol–water partition coefficient (Wildman–Crippen LogP) is -7.43. The molecule has 0 radical (unpaired) electrons. The number of hydrogen-bond acceptors (Lipinski definition) is 16. The van der Waals surface area contributed by atoms with Gasteiger partial charge in [-0.05, 0) is 0 Å². The number of amides is 1. The first-order valence-electron chi connectivity index (χ1n) is 11.6. The van der Waals surface area contributed by atoms with Gasteiger partial charge in [-0.15, -0.1) is 0 Å². The largest absolute Gasteiger partial charge is 0.394 e. The lowest BCUT2D eigenvalue weighted by Crippen LogP contribution is -2.68. The number of rotatable bonds is 8. The minimum atomic E-state index is -1.84. The van der Waals surface area contributed by atoms with Gasteiger partial charge in [-0.1, -0.05) is 0 Å². The van der Waals surface area contributed by atoms with Gasteiger partial charge in [0.15, 0.2) is 18.9 Å². The van der Waals surface area contributed by atoms with Gasteiger partial charge in [0.25, 0.3) is 0 Å². The lowest BCUT2D eigenvalue weighted by Gasteiger charge is -2.47. The molecule has 216 valence electrons. The molecule has 15 atom stereocenters. The van der Waals surface area contributed by atoms with E-state index in [1.165, 1.54) is 0 Å². The number of carbonyl (C=O) groups is 1. The summed E-state index contributed by atoms with van der Waals surface area (Å²) in [6.45, 7) is -0.959. The van der Waals surface area contributed by atoms with Crippen LogP contribution >= 0.6 is 0 Å². The molecule has 11 N–H and O–H groups in total. The number of ether oxygens (including phenoxy) is 5. The molecule has 3 saturated heterocycles. The molecule has 0 saturated carbocycles. The molecule has 0 aromatic carbocycles. The van der Waals surface area contributed by atoms with Gasteiger partial charge in [-0.2, -0.15) is 0 Å². The molecule has 3 aliphatic rings. The van der Waals surface area contributed by atoms with Gasteiger partial charge in [0, 0.05) is 6.92 Å². The second-order valence-electron chi connectivity index (χ2n) is 9.11. The minimum Gasteiger partial charge on any atom is -0.394 e. The van der Waals surface area contributed by atoms with Gasteiger partial charge in [0.2, 0.25) is 5.91 Å². The Hall–Kier alpha value is -1.13. The van der Waals surface area contributed by atoms with E-state index in [2.05, 4.69) is 5.32 Å². The molecule has 0 aromatic rings. The highest BCUT2D eigenvalue weighted by molar-refractivity contribution is 5.73. The van der Waals surface area contributed by atoms with Crippen LogP contribution in [0, 0.1) is 0 Å². The molecule has 3 heterocycles. The Bertz CT molecular complexity index is 745. The van der Waals surface area contributed by atoms with E-state index in [1.54, 1.807) is 0 Å². The van der Waals surface area contributed by atoms with Gasteiger partial charge in [-0.25, -0.2) is 0 Å². The molecule has 0 bridgehead atoms. The third-order valence-electron chi connectivity index (χ3n) is 6.47. The summed E-state index contributed by atoms with van der Waals surface area (Å²) in [5, 5.41) is 102. The number of carbonyl (C=O) groups excluding carboxylic acids is 1. The third kappa shape index (κ3) is 6.55. The smallest absolute Gasteiger partial charge is 0.217 e. The number of nitrogens with one attached hydrogen (secondary N) is 1. The quantitative estimate of drug-likeness (QED) is 0.135. The second-order valence-corrected chi connectivity index (χ2v) is 9.11. The maximum atomic E-state index is 11.8. The summed E-state index contributed by atoms with van der Waals surface area (Å²) >= 11 is 0. The summed E-state index contributed by atoms with van der Waals surface area (Å²) in [6, 6.07) is -1.38. The molecule has 0 unspecified atom stereocenters. The molecule has 3 aliphatic heterocycles. The molecule has 37 heavy (non-hydrogen) atoms. The Kier molecular flexibility index (Phi) is 10.5. The summed E-state index contributed by atoms with van der Waals surface area (Å²) < 4.78 is 27.0. The van der Waals surface area contributed by atoms with Gasteiger partial charge in [0.1, 0.15) is 73.2 Å². The minimum absolute atomic E-state index is 0.564. The Balaban J connectivity index is 1.74. The maximum absolute atomic E-state index is 11.8. The van der Waals surface area contributed by atoms with Crippen LogP contribution in [0.4, 0.5) is 0 Å². The molecule has 17 heteroatoms. The monoisotopic (exact) mass is 545 g/mol. The molecular weight excluding hydrogens is 510 g/mol. The fourth-order valence-electron chi connectivity index (χ4n) is 4.36. The van der Waals surface area contributed by atoms with E-state index in [-0.39, 0.29) is 0 Å². The average molecular weight is 545 g/mol. The topological polar surface area (TPSA) is 278 Å². The first kappa shape index (κ1) is 30.4. The molecule has 3 rings (SSSR count). The summed E-state index contributed by atoms with van der Waals surface area (Å²) in [6.07, 6.45) is -22.7. The highest BCUT2D eigenvalue weighted by atomic mass is 16.7. The Labute approximate surface area is 210 Å². The summed E-state index contributed by atoms with van der Waals surface area (Å²) in [4.78, 5) is 11.8. The van der Waals surface area contributed by atoms with E-state index in [0.29, 0.717) is 0 Å². The van der Waals surface area contributed by atoms with Crippen molar-refractivity contribution in [3.63, 3.8) is 0 Å². The van der Waals surface area contributed by atoms with Crippen LogP contribution in [0.25, 0.3) is 0 Å². The van der Waals surface area contributed by atoms with Crippen LogP contribution in [0.1, 0.15) is 6.92 Å². The normalized spacial score (nSPS) is 49.0. The van der Waals surface area contributed by atoms with E-state index in [9.17, 15) is 55.9 Å². The van der Waals surface area contributed by atoms with Crippen LogP contribution in [0.5, 0.6) is 0 Å². The molecule has 0 aliphatic carbocycles. The maximum Gasteiger partial charge on any atom is 0.217 e. The first-order valence-corrected chi connectivity index (χ1v) is 11.6. The fourth-order valence-corrected chi connectivity index (χ4v) is 4.36. The van der Waals surface area contributed by atoms with Crippen LogP contribution in [0.3, 0.4) is 0 Å². The van der Waals surface area contributed by atoms with Crippen molar-refractivity contribution in [3.05, 3.63) is 0 Å². The van der Waals surface area contributed by atoms with Crippen LogP contribution in [0.2, 0.25) is 0 Å². The zero-order chi connectivity index (χ0) is 27.6. The van der Waals surface area contributed by atoms with Gasteiger partial charge < -0.3 is 80.1 Å². The predicted molar refractivity (Wildman–Crippen MR) is 113 cm³/mol. The van der Waals surface area contributed by atoms with Crippen LogP contribution in [0.15, 0.2) is 0 Å². The van der Waals surface area contributed by atoms with E-state index in [0.717, 1.165) is 6.92 Å². The van der Waals surface area contributed by atoms with Crippen LogP contribution < -0.4 is 5.32 Å². The Morgan fingerprint density at radius 2 is 1.27 bits per heavy atom. The van der Waals surface area contributed by atoms with Crippen molar-refractivity contribution in [2.75, 3.05) is 19.8 Å². The molecular formula is C20H35NO16. The Morgan fingerprint density at radius 1 is 0.703 bits per heavy atom. The van der Waals surface area contributed by atoms with E-state index in [4.69, 9.17) is 23.7 Å². The fraction of sp³-hybridized carbons (Fsp3) is 0.950. The van der Waals surface area contributed by atoms with E-state index in [1.807, 2.05) is 0 Å². The van der Waals surface area contributed by atoms with Crippen molar-refractivity contribution in [3.8, 4) is 0 Å². The van der Waals surface area contributed by atoms with Crippen molar-refractivity contribution in [1.29, 1.82) is 0 Å². The summed E-state index contributed by atoms with van der Waals surface area (Å²) in [7, 11) is 0. The summed E-state index contributed by atoms with van der Waals surface area (Å²) in [5.74, 6) is -0.641. The molecule has 3 fully saturated rings. The number of hydrogen-bond donors (Lipinski definition) is 11. The highest BCUT2D eigenvalue weighted by Gasteiger charge is 2.52. The third-order valence-corrected chi connectivity index (χ3v) is 6.47. The molecule has 17 nitrogen and oxygen atoms in total. The zero-order valence-electron chi connectivity index (χ0n) is 19.7. The number of aliphatic hydroxyl groups is 10. The summed E-state index contributed by atoms with van der Waals surface area (Å²) in [5.41, 5.74) is 0. The molecule has 0 spiro atoms. The van der Waals surface area contributed by atoms with Crippen molar-refractivity contribution >= 4 is 5.91 Å². The van der Waals surface area contributed by atoms with Crippen molar-refractivity contribution in [1.82, 2.24) is 5.32 Å². The molecule has 0 aromatic heterocycles. The van der Waals surface area contributed by atoms with Crippen LogP contribution in [-0.4, -0.2) is 169 Å². The van der Waals surface area contributed by atoms with E-state index < -0.39 is 118 Å². The standard InChI is InChI=1S/C20H35NO16/c1-5(24)21-9-12(27)17(37-20-16(31)14(29)10(25)6(2-22)35-20)7(3-23)36-19(9)33-4-8-11(26)13(28)15(30)18(32)34-8/h6-20,22-23,25-32H,2-4H2,1H3,(H,21,24)/t6-,7-,8+,9-,10+,11-,12-,13-,14+,15-,16+,17+,18+,19-,20+/m0/s1. The van der Waals surface area contributed by atoms with Gasteiger partial charge >= 0.3 is 0 Å². The number of aliphatic hydroxyl groups excluding tert-OH is 10. The Morgan fingerprint density at radius 3 is 1.86 bits per heavy atom. The average Bonchev–Trinajstić information content (AvgIpc) is 2.86. The highest BCUT2D eigenvalue weighted by Crippen LogP contribution is 2.30. The zero-order valence-corrected chi connectivity index (χ0v) is 19.7. The van der Waals surface area contributed by atoms with Crippen molar-refractivity contribution in [2.24, 2.45) is 0 Å². The second kappa shape index (κ2) is 12.8. The lowest BCUT2D eigenvalue weighted by molar-refractivity contribution is -0.352. The first-order chi connectivity index (χ1) is 17.4. The molecule has 1 amide bonds. The van der Waals surface area contributed by atoms with E-state index >= 15 is 0 Å². The van der Waals surface area contributed by atoms with Gasteiger partial charge in [0.05, 0.1) is 19.8 Å². The van der Waals surface area contributed by atoms with Crippen molar-refractivity contribution < 1.29 is 79.5 Å². The SMILES string of the molecule is CC(=O)N[C@@H]1[C@@H](OC[C@H]2O[C@@H](O)[C@@H](O)[C@@H](O)[C@H]2O)O[C@@H](CO)[C@@H](O[C@H]2O[C@@H](CO)[C@@H](O)[C@@H](O)[C@H]2O)[C@H]1O. The lowest BCUT2D eigenvalue weighted by atomic mass is 9.95. The van der Waals surface area contributed by atoms with Crippen LogP contribution in [-0.2, 0) is 28.5 Å².